The van der Waals surface area contributed by atoms with Gasteiger partial charge >= 0.3 is 0 Å². The molecule has 0 radical (unpaired) electrons. The standard InChI is InChI=1S/C20H23FN2O2/c1-20(2,3)15-6-4-14(5-7-15)19(25)22-13-12-18(24)23-17-10-8-16(21)9-11-17/h4-11H,12-13H2,1-3H3,(H,22,25)(H,23,24). The number of carbonyl (C=O) groups is 2. The molecule has 2 amide bonds. The van der Waals surface area contributed by atoms with E-state index in [-0.39, 0.29) is 36.0 Å². The van der Waals surface area contributed by atoms with Crippen LogP contribution in [0.3, 0.4) is 0 Å². The molecule has 2 N–H and O–H groups in total. The van der Waals surface area contributed by atoms with Crippen LogP contribution in [0.1, 0.15) is 43.1 Å². The average molecular weight is 342 g/mol. The fourth-order valence-electron chi connectivity index (χ4n) is 2.27. The summed E-state index contributed by atoms with van der Waals surface area (Å²) in [5.41, 5.74) is 2.28. The lowest BCUT2D eigenvalue weighted by atomic mass is 9.87. The molecule has 0 aliphatic heterocycles. The number of hydrogen-bond donors (Lipinski definition) is 2. The molecule has 0 aromatic heterocycles. The second-order valence-corrected chi connectivity index (χ2v) is 6.89. The van der Waals surface area contributed by atoms with Crippen LogP contribution in [-0.2, 0) is 10.2 Å². The maximum atomic E-state index is 12.8. The summed E-state index contributed by atoms with van der Waals surface area (Å²) in [6.07, 6.45) is 0.142. The highest BCUT2D eigenvalue weighted by molar-refractivity contribution is 5.95. The topological polar surface area (TPSA) is 58.2 Å². The summed E-state index contributed by atoms with van der Waals surface area (Å²) in [5.74, 6) is -0.812. The molecule has 0 unspecified atom stereocenters. The molecule has 0 saturated heterocycles. The van der Waals surface area contributed by atoms with Crippen molar-refractivity contribution in [2.45, 2.75) is 32.6 Å². The first kappa shape index (κ1) is 18.6. The Labute approximate surface area is 147 Å². The Hall–Kier alpha value is -2.69. The van der Waals surface area contributed by atoms with Gasteiger partial charge in [0.2, 0.25) is 5.91 Å². The second-order valence-electron chi connectivity index (χ2n) is 6.89. The van der Waals surface area contributed by atoms with Crippen molar-refractivity contribution >= 4 is 17.5 Å². The number of nitrogens with one attached hydrogen (secondary N) is 2. The lowest BCUT2D eigenvalue weighted by molar-refractivity contribution is -0.116. The van der Waals surface area contributed by atoms with Crippen LogP contribution in [0, 0.1) is 5.82 Å². The van der Waals surface area contributed by atoms with Crippen LogP contribution in [0.25, 0.3) is 0 Å². The van der Waals surface area contributed by atoms with Crippen LogP contribution >= 0.6 is 0 Å². The molecular formula is C20H23FN2O2. The maximum Gasteiger partial charge on any atom is 0.251 e. The van der Waals surface area contributed by atoms with E-state index in [2.05, 4.69) is 31.4 Å². The minimum Gasteiger partial charge on any atom is -0.352 e. The Morgan fingerprint density at radius 1 is 0.960 bits per heavy atom. The van der Waals surface area contributed by atoms with E-state index in [1.807, 2.05) is 12.1 Å². The zero-order chi connectivity index (χ0) is 18.4. The first-order valence-corrected chi connectivity index (χ1v) is 8.20. The van der Waals surface area contributed by atoms with Crippen molar-refractivity contribution in [1.29, 1.82) is 0 Å². The first-order valence-electron chi connectivity index (χ1n) is 8.20. The number of anilines is 1. The molecule has 0 aliphatic rings. The molecule has 0 atom stereocenters. The van der Waals surface area contributed by atoms with Gasteiger partial charge in [0.1, 0.15) is 5.82 Å². The van der Waals surface area contributed by atoms with Gasteiger partial charge in [-0.15, -0.1) is 0 Å². The zero-order valence-electron chi connectivity index (χ0n) is 14.7. The van der Waals surface area contributed by atoms with E-state index in [9.17, 15) is 14.0 Å². The summed E-state index contributed by atoms with van der Waals surface area (Å²) in [7, 11) is 0. The van der Waals surface area contributed by atoms with Crippen molar-refractivity contribution in [3.05, 3.63) is 65.5 Å². The lowest BCUT2D eigenvalue weighted by Gasteiger charge is -2.19. The molecule has 2 rings (SSSR count). The monoisotopic (exact) mass is 342 g/mol. The van der Waals surface area contributed by atoms with Gasteiger partial charge in [0.25, 0.3) is 5.91 Å². The van der Waals surface area contributed by atoms with Crippen molar-refractivity contribution in [2.75, 3.05) is 11.9 Å². The highest BCUT2D eigenvalue weighted by Crippen LogP contribution is 2.22. The van der Waals surface area contributed by atoms with Crippen LogP contribution < -0.4 is 10.6 Å². The van der Waals surface area contributed by atoms with Crippen LogP contribution in [-0.4, -0.2) is 18.4 Å². The summed E-state index contributed by atoms with van der Waals surface area (Å²) in [6.45, 7) is 6.57. The highest BCUT2D eigenvalue weighted by Gasteiger charge is 2.14. The van der Waals surface area contributed by atoms with Gasteiger partial charge in [-0.1, -0.05) is 32.9 Å². The predicted octanol–water partition coefficient (Wildman–Crippen LogP) is 3.88. The third-order valence-electron chi connectivity index (χ3n) is 3.78. The normalized spacial score (nSPS) is 11.0. The molecule has 0 heterocycles. The summed E-state index contributed by atoms with van der Waals surface area (Å²) in [5, 5.41) is 5.37. The Balaban J connectivity index is 1.79. The zero-order valence-corrected chi connectivity index (χ0v) is 14.7. The molecule has 0 bridgehead atoms. The van der Waals surface area contributed by atoms with E-state index in [1.165, 1.54) is 24.3 Å². The molecule has 25 heavy (non-hydrogen) atoms. The van der Waals surface area contributed by atoms with Crippen LogP contribution in [0.4, 0.5) is 10.1 Å². The Morgan fingerprint density at radius 2 is 1.56 bits per heavy atom. The van der Waals surface area contributed by atoms with Gasteiger partial charge < -0.3 is 10.6 Å². The number of carbonyl (C=O) groups excluding carboxylic acids is 2. The van der Waals surface area contributed by atoms with E-state index in [0.717, 1.165) is 5.56 Å². The fourth-order valence-corrected chi connectivity index (χ4v) is 2.27. The SMILES string of the molecule is CC(C)(C)c1ccc(C(=O)NCCC(=O)Nc2ccc(F)cc2)cc1. The molecule has 2 aromatic rings. The molecule has 0 fully saturated rings. The predicted molar refractivity (Wildman–Crippen MR) is 97.1 cm³/mol. The second kappa shape index (κ2) is 7.92. The van der Waals surface area contributed by atoms with Gasteiger partial charge in [-0.05, 0) is 47.4 Å². The molecule has 0 saturated carbocycles. The van der Waals surface area contributed by atoms with Crippen molar-refractivity contribution in [3.8, 4) is 0 Å². The number of hydrogen-bond acceptors (Lipinski definition) is 2. The molecule has 2 aromatic carbocycles. The third kappa shape index (κ3) is 5.71. The average Bonchev–Trinajstić information content (AvgIpc) is 2.56. The molecule has 4 nitrogen and oxygen atoms in total. The van der Waals surface area contributed by atoms with Crippen LogP contribution in [0.2, 0.25) is 0 Å². The van der Waals surface area contributed by atoms with Crippen molar-refractivity contribution in [2.24, 2.45) is 0 Å². The van der Waals surface area contributed by atoms with Crippen LogP contribution in [0.5, 0.6) is 0 Å². The number of rotatable bonds is 5. The maximum absolute atomic E-state index is 12.8. The largest absolute Gasteiger partial charge is 0.352 e. The van der Waals surface area contributed by atoms with Crippen LogP contribution in [0.15, 0.2) is 48.5 Å². The number of halogens is 1. The molecule has 0 spiro atoms. The number of benzene rings is 2. The Bertz CT molecular complexity index is 732. The van der Waals surface area contributed by atoms with Gasteiger partial charge in [0, 0.05) is 24.2 Å². The molecular weight excluding hydrogens is 319 g/mol. The molecule has 132 valence electrons. The van der Waals surface area contributed by atoms with E-state index in [1.54, 1.807) is 12.1 Å². The molecule has 0 aliphatic carbocycles. The fraction of sp³-hybridized carbons (Fsp3) is 0.300. The quantitative estimate of drug-likeness (QED) is 0.866. The summed E-state index contributed by atoms with van der Waals surface area (Å²) >= 11 is 0. The van der Waals surface area contributed by atoms with Gasteiger partial charge in [0.05, 0.1) is 0 Å². The van der Waals surface area contributed by atoms with Crippen molar-refractivity contribution in [3.63, 3.8) is 0 Å². The summed E-state index contributed by atoms with van der Waals surface area (Å²) < 4.78 is 12.8. The minimum atomic E-state index is -0.359. The smallest absolute Gasteiger partial charge is 0.251 e. The van der Waals surface area contributed by atoms with E-state index in [0.29, 0.717) is 11.3 Å². The molecule has 5 heteroatoms. The van der Waals surface area contributed by atoms with Gasteiger partial charge in [-0.2, -0.15) is 0 Å². The lowest BCUT2D eigenvalue weighted by Crippen LogP contribution is -2.27. The summed E-state index contributed by atoms with van der Waals surface area (Å²) in [6, 6.07) is 13.0. The first-order chi connectivity index (χ1) is 11.8. The van der Waals surface area contributed by atoms with Gasteiger partial charge in [-0.25, -0.2) is 4.39 Å². The Morgan fingerprint density at radius 3 is 2.12 bits per heavy atom. The van der Waals surface area contributed by atoms with E-state index >= 15 is 0 Å². The number of amides is 2. The summed E-state index contributed by atoms with van der Waals surface area (Å²) in [4.78, 5) is 23.9. The van der Waals surface area contributed by atoms with Crippen molar-refractivity contribution in [1.82, 2.24) is 5.32 Å². The van der Waals surface area contributed by atoms with Gasteiger partial charge in [-0.3, -0.25) is 9.59 Å². The Kier molecular flexibility index (Phi) is 5.91. The van der Waals surface area contributed by atoms with E-state index in [4.69, 9.17) is 0 Å². The van der Waals surface area contributed by atoms with E-state index < -0.39 is 0 Å². The minimum absolute atomic E-state index is 0.0352. The highest BCUT2D eigenvalue weighted by atomic mass is 19.1. The van der Waals surface area contributed by atoms with Crippen molar-refractivity contribution < 1.29 is 14.0 Å². The third-order valence-corrected chi connectivity index (χ3v) is 3.78. The van der Waals surface area contributed by atoms with Gasteiger partial charge in [0.15, 0.2) is 0 Å².